The van der Waals surface area contributed by atoms with Crippen molar-refractivity contribution in [1.82, 2.24) is 5.32 Å². The Kier molecular flexibility index (Phi) is 7.12. The van der Waals surface area contributed by atoms with Crippen molar-refractivity contribution >= 4 is 11.9 Å². The third-order valence-corrected chi connectivity index (χ3v) is 4.00. The molecule has 1 atom stereocenters. The maximum atomic E-state index is 11.8. The highest BCUT2D eigenvalue weighted by molar-refractivity contribution is 5.80. The summed E-state index contributed by atoms with van der Waals surface area (Å²) >= 11 is 0. The zero-order chi connectivity index (χ0) is 19.6. The van der Waals surface area contributed by atoms with Crippen LogP contribution in [0.2, 0.25) is 0 Å². The number of esters is 1. The van der Waals surface area contributed by atoms with Crippen LogP contribution < -0.4 is 19.5 Å². The minimum absolute atomic E-state index is 0.191. The lowest BCUT2D eigenvalue weighted by Gasteiger charge is -2.26. The van der Waals surface area contributed by atoms with E-state index in [0.717, 1.165) is 5.75 Å². The number of carbonyl (C=O) groups excluding carboxylic acids is 2. The molecule has 28 heavy (non-hydrogen) atoms. The fourth-order valence-electron chi connectivity index (χ4n) is 2.58. The highest BCUT2D eigenvalue weighted by atomic mass is 16.6. The Bertz CT molecular complexity index is 779. The van der Waals surface area contributed by atoms with E-state index in [4.69, 9.17) is 18.9 Å². The number of benzene rings is 2. The van der Waals surface area contributed by atoms with Crippen molar-refractivity contribution < 1.29 is 28.5 Å². The number of carbonyl (C=O) groups is 2. The summed E-state index contributed by atoms with van der Waals surface area (Å²) in [5.74, 6) is 1.29. The van der Waals surface area contributed by atoms with Crippen molar-refractivity contribution in [3.8, 4) is 17.2 Å². The molecule has 1 amide bonds. The van der Waals surface area contributed by atoms with Crippen LogP contribution in [0.25, 0.3) is 0 Å². The zero-order valence-corrected chi connectivity index (χ0v) is 15.5. The second kappa shape index (κ2) is 10.2. The molecule has 7 heteroatoms. The van der Waals surface area contributed by atoms with E-state index in [-0.39, 0.29) is 31.6 Å². The van der Waals surface area contributed by atoms with Gasteiger partial charge in [0.1, 0.15) is 18.5 Å². The Balaban J connectivity index is 1.25. The molecule has 148 valence electrons. The molecule has 1 aliphatic heterocycles. The second-order valence-electron chi connectivity index (χ2n) is 6.23. The molecule has 1 heterocycles. The van der Waals surface area contributed by atoms with Gasteiger partial charge in [0.15, 0.2) is 18.1 Å². The monoisotopic (exact) mass is 385 g/mol. The molecule has 0 radical (unpaired) electrons. The van der Waals surface area contributed by atoms with Gasteiger partial charge in [0.05, 0.1) is 13.2 Å². The molecule has 0 aromatic heterocycles. The molecule has 1 aliphatic rings. The van der Waals surface area contributed by atoms with Gasteiger partial charge in [0.2, 0.25) is 0 Å². The van der Waals surface area contributed by atoms with Crippen molar-refractivity contribution in [3.05, 3.63) is 54.6 Å². The summed E-state index contributed by atoms with van der Waals surface area (Å²) in [5, 5.41) is 2.68. The van der Waals surface area contributed by atoms with Crippen LogP contribution in [0.5, 0.6) is 17.2 Å². The van der Waals surface area contributed by atoms with E-state index in [1.165, 1.54) is 0 Å². The van der Waals surface area contributed by atoms with Gasteiger partial charge < -0.3 is 24.3 Å². The molecule has 0 aliphatic carbocycles. The Morgan fingerprint density at radius 1 is 1.04 bits per heavy atom. The first-order valence-electron chi connectivity index (χ1n) is 9.19. The maximum absolute atomic E-state index is 11.8. The van der Waals surface area contributed by atoms with Gasteiger partial charge in [-0.25, -0.2) is 0 Å². The summed E-state index contributed by atoms with van der Waals surface area (Å²) in [6.07, 6.45) is 0.420. The minimum Gasteiger partial charge on any atom is -0.494 e. The van der Waals surface area contributed by atoms with Crippen LogP contribution in [-0.4, -0.2) is 44.3 Å². The van der Waals surface area contributed by atoms with Gasteiger partial charge in [-0.2, -0.15) is 0 Å². The van der Waals surface area contributed by atoms with Crippen LogP contribution in [0.4, 0.5) is 0 Å². The number of nitrogens with one attached hydrogen (secondary N) is 1. The normalized spacial score (nSPS) is 14.8. The summed E-state index contributed by atoms with van der Waals surface area (Å²) in [7, 11) is 0. The topological polar surface area (TPSA) is 83.1 Å². The molecule has 0 bridgehead atoms. The summed E-state index contributed by atoms with van der Waals surface area (Å²) < 4.78 is 21.8. The van der Waals surface area contributed by atoms with Crippen molar-refractivity contribution in [2.24, 2.45) is 0 Å². The number of ether oxygens (including phenoxy) is 4. The number of para-hydroxylation sites is 3. The number of amides is 1. The average molecular weight is 385 g/mol. The van der Waals surface area contributed by atoms with Crippen LogP contribution in [0.15, 0.2) is 54.6 Å². The van der Waals surface area contributed by atoms with E-state index in [9.17, 15) is 9.59 Å². The summed E-state index contributed by atoms with van der Waals surface area (Å²) in [5.41, 5.74) is 0. The smallest absolute Gasteiger partial charge is 0.306 e. The largest absolute Gasteiger partial charge is 0.494 e. The highest BCUT2D eigenvalue weighted by Gasteiger charge is 2.21. The van der Waals surface area contributed by atoms with Gasteiger partial charge in [-0.3, -0.25) is 9.59 Å². The van der Waals surface area contributed by atoms with Crippen LogP contribution in [0.3, 0.4) is 0 Å². The van der Waals surface area contributed by atoms with Gasteiger partial charge in [0, 0.05) is 6.42 Å². The molecule has 7 nitrogen and oxygen atoms in total. The lowest BCUT2D eigenvalue weighted by molar-refractivity contribution is -0.148. The summed E-state index contributed by atoms with van der Waals surface area (Å²) in [6.45, 7) is 0.711. The molecular weight excluding hydrogens is 362 g/mol. The zero-order valence-electron chi connectivity index (χ0n) is 15.5. The van der Waals surface area contributed by atoms with Gasteiger partial charge in [0.25, 0.3) is 5.91 Å². The highest BCUT2D eigenvalue weighted by Crippen LogP contribution is 2.30. The first kappa shape index (κ1) is 19.5. The van der Waals surface area contributed by atoms with Gasteiger partial charge >= 0.3 is 5.97 Å². The predicted octanol–water partition coefficient (Wildman–Crippen LogP) is 2.35. The molecule has 0 saturated heterocycles. The number of hydrogen-bond donors (Lipinski definition) is 1. The average Bonchev–Trinajstić information content (AvgIpc) is 2.74. The van der Waals surface area contributed by atoms with E-state index in [0.29, 0.717) is 31.1 Å². The third-order valence-electron chi connectivity index (χ3n) is 4.00. The van der Waals surface area contributed by atoms with E-state index >= 15 is 0 Å². The van der Waals surface area contributed by atoms with Crippen LogP contribution in [0.1, 0.15) is 12.8 Å². The molecule has 1 unspecified atom stereocenters. The maximum Gasteiger partial charge on any atom is 0.306 e. The Morgan fingerprint density at radius 3 is 2.61 bits per heavy atom. The molecule has 3 rings (SSSR count). The van der Waals surface area contributed by atoms with Gasteiger partial charge in [-0.05, 0) is 30.7 Å². The molecule has 0 saturated carbocycles. The lowest BCUT2D eigenvalue weighted by Crippen LogP contribution is -2.42. The second-order valence-corrected chi connectivity index (χ2v) is 6.23. The third kappa shape index (κ3) is 6.19. The molecule has 2 aromatic carbocycles. The van der Waals surface area contributed by atoms with E-state index in [1.807, 2.05) is 54.6 Å². The van der Waals surface area contributed by atoms with Crippen molar-refractivity contribution in [2.75, 3.05) is 26.4 Å². The molecular formula is C21H23NO6. The molecule has 0 spiro atoms. The summed E-state index contributed by atoms with van der Waals surface area (Å²) in [4.78, 5) is 23.5. The van der Waals surface area contributed by atoms with E-state index < -0.39 is 5.97 Å². The Hall–Kier alpha value is -3.22. The molecule has 2 aromatic rings. The van der Waals surface area contributed by atoms with Crippen LogP contribution >= 0.6 is 0 Å². The van der Waals surface area contributed by atoms with E-state index in [2.05, 4.69) is 5.32 Å². The standard InChI is InChI=1S/C21H23NO6/c23-20(22-13-17-14-26-18-9-4-5-10-19(18)28-17)15-27-21(24)11-6-12-25-16-7-2-1-3-8-16/h1-5,7-10,17H,6,11-15H2,(H,22,23). The van der Waals surface area contributed by atoms with Crippen LogP contribution in [0, 0.1) is 0 Å². The molecule has 1 N–H and O–H groups in total. The van der Waals surface area contributed by atoms with Crippen molar-refractivity contribution in [2.45, 2.75) is 18.9 Å². The quantitative estimate of drug-likeness (QED) is 0.527. The number of hydrogen-bond acceptors (Lipinski definition) is 6. The van der Waals surface area contributed by atoms with Gasteiger partial charge in [-0.1, -0.05) is 30.3 Å². The lowest BCUT2D eigenvalue weighted by atomic mass is 10.2. The van der Waals surface area contributed by atoms with Crippen LogP contribution in [-0.2, 0) is 14.3 Å². The Morgan fingerprint density at radius 2 is 1.79 bits per heavy atom. The van der Waals surface area contributed by atoms with Gasteiger partial charge in [-0.15, -0.1) is 0 Å². The SMILES string of the molecule is O=C(COC(=O)CCCOc1ccccc1)NCC1COc2ccccc2O1. The first-order valence-corrected chi connectivity index (χ1v) is 9.19. The number of rotatable bonds is 9. The summed E-state index contributed by atoms with van der Waals surface area (Å²) in [6, 6.07) is 16.7. The predicted molar refractivity (Wildman–Crippen MR) is 101 cm³/mol. The Labute approximate surface area is 163 Å². The van der Waals surface area contributed by atoms with Crippen molar-refractivity contribution in [3.63, 3.8) is 0 Å². The fraction of sp³-hybridized carbons (Fsp3) is 0.333. The number of fused-ring (bicyclic) bond motifs is 1. The first-order chi connectivity index (χ1) is 13.7. The van der Waals surface area contributed by atoms with E-state index in [1.54, 1.807) is 0 Å². The molecule has 0 fully saturated rings. The minimum atomic E-state index is -0.432. The van der Waals surface area contributed by atoms with Crippen molar-refractivity contribution in [1.29, 1.82) is 0 Å². The fourth-order valence-corrected chi connectivity index (χ4v) is 2.58.